The molecular formula is C8H10F3NO2. The lowest BCUT2D eigenvalue weighted by Gasteiger charge is -2.29. The van der Waals surface area contributed by atoms with Crippen LogP contribution < -0.4 is 5.32 Å². The monoisotopic (exact) mass is 209 g/mol. The summed E-state index contributed by atoms with van der Waals surface area (Å²) in [7, 11) is 0. The summed E-state index contributed by atoms with van der Waals surface area (Å²) in [6.45, 7) is 1.74. The van der Waals surface area contributed by atoms with E-state index in [0.717, 1.165) is 0 Å². The molecule has 0 aliphatic carbocycles. The summed E-state index contributed by atoms with van der Waals surface area (Å²) in [5.41, 5.74) is -1.27. The first-order chi connectivity index (χ1) is 6.33. The van der Waals surface area contributed by atoms with Crippen LogP contribution in [0.4, 0.5) is 13.2 Å². The molecular weight excluding hydrogens is 199 g/mol. The first-order valence-electron chi connectivity index (χ1n) is 4.04. The van der Waals surface area contributed by atoms with Gasteiger partial charge in [0, 0.05) is 6.54 Å². The highest BCUT2D eigenvalue weighted by atomic mass is 19.4. The van der Waals surface area contributed by atoms with Crippen molar-refractivity contribution in [1.29, 1.82) is 0 Å². The first kappa shape index (κ1) is 11.0. The van der Waals surface area contributed by atoms with E-state index in [-0.39, 0.29) is 6.42 Å². The maximum absolute atomic E-state index is 11.7. The smallest absolute Gasteiger partial charge is 0.371 e. The molecule has 1 N–H and O–H groups in total. The highest BCUT2D eigenvalue weighted by Gasteiger charge is 2.42. The second-order valence-electron chi connectivity index (χ2n) is 3.22. The zero-order valence-electron chi connectivity index (χ0n) is 7.52. The number of alkyl halides is 3. The average molecular weight is 209 g/mol. The molecule has 3 nitrogen and oxygen atoms in total. The summed E-state index contributed by atoms with van der Waals surface area (Å²) >= 11 is 0. The molecule has 0 aromatic carbocycles. The number of esters is 1. The van der Waals surface area contributed by atoms with Crippen molar-refractivity contribution < 1.29 is 22.7 Å². The Balaban J connectivity index is 2.64. The van der Waals surface area contributed by atoms with Gasteiger partial charge in [0.25, 0.3) is 0 Å². The molecule has 0 spiro atoms. The van der Waals surface area contributed by atoms with Crippen LogP contribution in [0.15, 0.2) is 12.2 Å². The van der Waals surface area contributed by atoms with Gasteiger partial charge in [0.1, 0.15) is 5.54 Å². The Morgan fingerprint density at radius 3 is 2.57 bits per heavy atom. The van der Waals surface area contributed by atoms with Gasteiger partial charge in [-0.25, -0.2) is 4.79 Å². The lowest BCUT2D eigenvalue weighted by molar-refractivity contribution is -0.308. The van der Waals surface area contributed by atoms with Gasteiger partial charge in [0.2, 0.25) is 0 Å². The van der Waals surface area contributed by atoms with E-state index < -0.39 is 17.9 Å². The number of carbonyl (C=O) groups is 1. The van der Waals surface area contributed by atoms with E-state index in [2.05, 4.69) is 10.1 Å². The van der Waals surface area contributed by atoms with Crippen LogP contribution in [0.3, 0.4) is 0 Å². The normalized spacial score (nSPS) is 27.4. The van der Waals surface area contributed by atoms with E-state index in [1.807, 2.05) is 0 Å². The van der Waals surface area contributed by atoms with E-state index in [0.29, 0.717) is 6.54 Å². The van der Waals surface area contributed by atoms with Crippen molar-refractivity contribution in [2.75, 3.05) is 6.54 Å². The van der Waals surface area contributed by atoms with Gasteiger partial charge in [-0.2, -0.15) is 0 Å². The van der Waals surface area contributed by atoms with Gasteiger partial charge in [-0.1, -0.05) is 12.2 Å². The zero-order valence-corrected chi connectivity index (χ0v) is 7.52. The first-order valence-corrected chi connectivity index (χ1v) is 4.04. The van der Waals surface area contributed by atoms with Crippen molar-refractivity contribution in [2.24, 2.45) is 0 Å². The zero-order chi connectivity index (χ0) is 10.8. The van der Waals surface area contributed by atoms with Gasteiger partial charge < -0.3 is 4.74 Å². The van der Waals surface area contributed by atoms with Crippen molar-refractivity contribution in [3.63, 3.8) is 0 Å². The van der Waals surface area contributed by atoms with Crippen LogP contribution in [0.2, 0.25) is 0 Å². The standard InChI is InChI=1S/C8H10F3NO2/c1-7(4-2-3-5-12-7)6(13)14-8(9,10)11/h2-3,12H,4-5H2,1H3. The van der Waals surface area contributed by atoms with Crippen molar-refractivity contribution in [3.05, 3.63) is 12.2 Å². The van der Waals surface area contributed by atoms with E-state index in [9.17, 15) is 18.0 Å². The SMILES string of the molecule is CC1(C(=O)OC(F)(F)F)CC=CCN1. The fraction of sp³-hybridized carbons (Fsp3) is 0.625. The van der Waals surface area contributed by atoms with Crippen LogP contribution in [0.1, 0.15) is 13.3 Å². The van der Waals surface area contributed by atoms with Crippen LogP contribution in [-0.2, 0) is 9.53 Å². The number of hydrogen-bond acceptors (Lipinski definition) is 3. The van der Waals surface area contributed by atoms with Crippen molar-refractivity contribution in [3.8, 4) is 0 Å². The Bertz CT molecular complexity index is 262. The lowest BCUT2D eigenvalue weighted by atomic mass is 9.95. The van der Waals surface area contributed by atoms with Gasteiger partial charge in [-0.05, 0) is 13.3 Å². The summed E-state index contributed by atoms with van der Waals surface area (Å²) in [5.74, 6) is -1.30. The minimum atomic E-state index is -4.91. The Kier molecular flexibility index (Phi) is 2.84. The molecule has 1 atom stereocenters. The van der Waals surface area contributed by atoms with Crippen LogP contribution in [0.25, 0.3) is 0 Å². The number of ether oxygens (including phenoxy) is 1. The van der Waals surface area contributed by atoms with Gasteiger partial charge in [0.15, 0.2) is 0 Å². The molecule has 1 unspecified atom stereocenters. The minimum Gasteiger partial charge on any atom is -0.371 e. The third kappa shape index (κ3) is 2.73. The molecule has 1 rings (SSSR count). The number of carbonyl (C=O) groups excluding carboxylic acids is 1. The molecule has 0 saturated carbocycles. The van der Waals surface area contributed by atoms with Gasteiger partial charge in [-0.15, -0.1) is 13.2 Å². The molecule has 0 saturated heterocycles. The summed E-state index contributed by atoms with van der Waals surface area (Å²) in [4.78, 5) is 11.1. The molecule has 1 heterocycles. The van der Waals surface area contributed by atoms with Crippen molar-refractivity contribution in [2.45, 2.75) is 25.2 Å². The number of rotatable bonds is 1. The van der Waals surface area contributed by atoms with Crippen LogP contribution in [-0.4, -0.2) is 24.4 Å². The average Bonchev–Trinajstić information content (AvgIpc) is 2.02. The third-order valence-electron chi connectivity index (χ3n) is 1.96. The van der Waals surface area contributed by atoms with Gasteiger partial charge in [-0.3, -0.25) is 5.32 Å². The van der Waals surface area contributed by atoms with Crippen LogP contribution in [0, 0.1) is 0 Å². The molecule has 0 radical (unpaired) electrons. The second kappa shape index (κ2) is 3.61. The van der Waals surface area contributed by atoms with Crippen LogP contribution in [0.5, 0.6) is 0 Å². The molecule has 0 aromatic rings. The number of hydrogen-bond donors (Lipinski definition) is 1. The van der Waals surface area contributed by atoms with E-state index in [4.69, 9.17) is 0 Å². The summed E-state index contributed by atoms with van der Waals surface area (Å²) in [6.07, 6.45) is -1.33. The third-order valence-corrected chi connectivity index (χ3v) is 1.96. The Hall–Kier alpha value is -1.04. The maximum atomic E-state index is 11.7. The maximum Gasteiger partial charge on any atom is 0.575 e. The quantitative estimate of drug-likeness (QED) is 0.523. The minimum absolute atomic E-state index is 0.196. The topological polar surface area (TPSA) is 38.3 Å². The molecule has 14 heavy (non-hydrogen) atoms. The number of nitrogens with one attached hydrogen (secondary N) is 1. The molecule has 0 amide bonds. The predicted molar refractivity (Wildman–Crippen MR) is 42.3 cm³/mol. The fourth-order valence-electron chi connectivity index (χ4n) is 1.13. The molecule has 6 heteroatoms. The van der Waals surface area contributed by atoms with E-state index in [1.165, 1.54) is 6.92 Å². The Labute approximate surface area is 78.9 Å². The summed E-state index contributed by atoms with van der Waals surface area (Å²) < 4.78 is 38.6. The predicted octanol–water partition coefficient (Wildman–Crippen LogP) is 1.36. The highest BCUT2D eigenvalue weighted by molar-refractivity contribution is 5.81. The van der Waals surface area contributed by atoms with Crippen LogP contribution >= 0.6 is 0 Å². The van der Waals surface area contributed by atoms with E-state index >= 15 is 0 Å². The molecule has 0 fully saturated rings. The molecule has 1 aliphatic rings. The van der Waals surface area contributed by atoms with Crippen molar-refractivity contribution in [1.82, 2.24) is 5.32 Å². The largest absolute Gasteiger partial charge is 0.575 e. The summed E-state index contributed by atoms with van der Waals surface area (Å²) in [5, 5.41) is 2.66. The summed E-state index contributed by atoms with van der Waals surface area (Å²) in [6, 6.07) is 0. The molecule has 0 aromatic heterocycles. The molecule has 0 bridgehead atoms. The van der Waals surface area contributed by atoms with Crippen molar-refractivity contribution >= 4 is 5.97 Å². The number of halogens is 3. The molecule has 80 valence electrons. The lowest BCUT2D eigenvalue weighted by Crippen LogP contribution is -2.52. The van der Waals surface area contributed by atoms with E-state index in [1.54, 1.807) is 12.2 Å². The molecule has 1 aliphatic heterocycles. The second-order valence-corrected chi connectivity index (χ2v) is 3.22. The Morgan fingerprint density at radius 2 is 2.14 bits per heavy atom. The van der Waals surface area contributed by atoms with Gasteiger partial charge in [0.05, 0.1) is 0 Å². The highest BCUT2D eigenvalue weighted by Crippen LogP contribution is 2.23. The Morgan fingerprint density at radius 1 is 1.50 bits per heavy atom. The van der Waals surface area contributed by atoms with Gasteiger partial charge >= 0.3 is 12.3 Å². The fourth-order valence-corrected chi connectivity index (χ4v) is 1.13.